The Hall–Kier alpha value is -1.85. The van der Waals surface area contributed by atoms with Gasteiger partial charge in [-0.15, -0.1) is 0 Å². The number of ether oxygens (including phenoxy) is 1. The summed E-state index contributed by atoms with van der Waals surface area (Å²) in [6.45, 7) is 2.29. The van der Waals surface area contributed by atoms with E-state index in [-0.39, 0.29) is 17.8 Å². The summed E-state index contributed by atoms with van der Waals surface area (Å²) in [5.41, 5.74) is 2.87. The maximum Gasteiger partial charge on any atom is 0.309 e. The molecule has 6 aliphatic rings. The Labute approximate surface area is 197 Å². The molecule has 0 aromatic carbocycles. The van der Waals surface area contributed by atoms with Crippen molar-refractivity contribution in [3.63, 3.8) is 0 Å². The van der Waals surface area contributed by atoms with E-state index in [1.165, 1.54) is 51.4 Å². The summed E-state index contributed by atoms with van der Waals surface area (Å²) in [5, 5.41) is 8.48. The third-order valence-corrected chi connectivity index (χ3v) is 9.58. The zero-order valence-electron chi connectivity index (χ0n) is 20.1. The van der Waals surface area contributed by atoms with E-state index in [0.717, 1.165) is 48.8 Å². The van der Waals surface area contributed by atoms with Gasteiger partial charge in [0.1, 0.15) is 0 Å². The van der Waals surface area contributed by atoms with E-state index < -0.39 is 0 Å². The Morgan fingerprint density at radius 1 is 1.00 bits per heavy atom. The lowest BCUT2D eigenvalue weighted by molar-refractivity contribution is -0.148. The van der Waals surface area contributed by atoms with E-state index in [9.17, 15) is 9.59 Å². The monoisotopic (exact) mass is 453 g/mol. The minimum Gasteiger partial charge on any atom is -0.466 e. The maximum absolute atomic E-state index is 13.6. The molecule has 1 atom stereocenters. The third-order valence-electron chi connectivity index (χ3n) is 9.58. The molecule has 6 heteroatoms. The topological polar surface area (TPSA) is 73.2 Å². The zero-order chi connectivity index (χ0) is 22.5. The number of aromatic nitrogens is 2. The van der Waals surface area contributed by atoms with Gasteiger partial charge in [0.05, 0.1) is 18.6 Å². The molecule has 0 saturated heterocycles. The van der Waals surface area contributed by atoms with Crippen LogP contribution in [0.3, 0.4) is 0 Å². The smallest absolute Gasteiger partial charge is 0.309 e. The predicted octanol–water partition coefficient (Wildman–Crippen LogP) is 4.61. The number of amides is 1. The van der Waals surface area contributed by atoms with Crippen molar-refractivity contribution in [2.75, 3.05) is 6.61 Å². The highest BCUT2D eigenvalue weighted by molar-refractivity contribution is 5.94. The first-order chi connectivity index (χ1) is 16.1. The van der Waals surface area contributed by atoms with Crippen molar-refractivity contribution in [3.05, 3.63) is 17.0 Å². The Kier molecular flexibility index (Phi) is 5.74. The highest BCUT2D eigenvalue weighted by Gasteiger charge is 2.49. The first-order valence-electron chi connectivity index (χ1n) is 13.7. The van der Waals surface area contributed by atoms with Crippen LogP contribution in [0.25, 0.3) is 0 Å². The Morgan fingerprint density at radius 2 is 1.70 bits per heavy atom. The molecule has 1 aromatic heterocycles. The second-order valence-corrected chi connectivity index (χ2v) is 11.6. The number of hydrogen-bond acceptors (Lipinski definition) is 4. The Balaban J connectivity index is 1.26. The van der Waals surface area contributed by atoms with Gasteiger partial charge in [-0.1, -0.05) is 19.3 Å². The molecule has 6 aliphatic carbocycles. The summed E-state index contributed by atoms with van der Waals surface area (Å²) < 4.78 is 7.50. The zero-order valence-corrected chi connectivity index (χ0v) is 20.1. The fourth-order valence-electron chi connectivity index (χ4n) is 8.29. The molecule has 1 heterocycles. The van der Waals surface area contributed by atoms with Crippen molar-refractivity contribution in [3.8, 4) is 0 Å². The Morgan fingerprint density at radius 3 is 2.36 bits per heavy atom. The largest absolute Gasteiger partial charge is 0.466 e. The summed E-state index contributed by atoms with van der Waals surface area (Å²) in [7, 11) is 0. The lowest BCUT2D eigenvalue weighted by atomic mass is 9.54. The van der Waals surface area contributed by atoms with Crippen LogP contribution in [0, 0.1) is 29.6 Å². The number of carbonyl (C=O) groups excluding carboxylic acids is 2. The average Bonchev–Trinajstić information content (AvgIpc) is 3.20. The number of hydrogen-bond donors (Lipinski definition) is 1. The summed E-state index contributed by atoms with van der Waals surface area (Å²) in [6, 6.07) is 0.688. The lowest BCUT2D eigenvalue weighted by Crippen LogP contribution is -2.56. The summed E-state index contributed by atoms with van der Waals surface area (Å²) >= 11 is 0. The van der Waals surface area contributed by atoms with Crippen LogP contribution in [-0.4, -0.2) is 34.3 Å². The van der Waals surface area contributed by atoms with Crippen LogP contribution in [0.15, 0.2) is 0 Å². The molecule has 5 fully saturated rings. The van der Waals surface area contributed by atoms with Crippen molar-refractivity contribution >= 4 is 11.9 Å². The molecule has 5 saturated carbocycles. The normalized spacial score (nSPS) is 35.3. The quantitative estimate of drug-likeness (QED) is 0.661. The summed E-state index contributed by atoms with van der Waals surface area (Å²) in [5.74, 6) is 2.95. The highest BCUT2D eigenvalue weighted by atomic mass is 16.5. The van der Waals surface area contributed by atoms with Crippen molar-refractivity contribution < 1.29 is 14.3 Å². The van der Waals surface area contributed by atoms with Crippen LogP contribution in [0.1, 0.15) is 105 Å². The van der Waals surface area contributed by atoms with Gasteiger partial charge in [-0.3, -0.25) is 14.3 Å². The molecule has 1 unspecified atom stereocenters. The fraction of sp³-hybridized carbons (Fsp3) is 0.815. The molecule has 1 amide bonds. The first-order valence-corrected chi connectivity index (χ1v) is 13.7. The van der Waals surface area contributed by atoms with Crippen LogP contribution in [-0.2, 0) is 22.4 Å². The van der Waals surface area contributed by atoms with E-state index in [1.54, 1.807) is 0 Å². The van der Waals surface area contributed by atoms with Crippen molar-refractivity contribution in [2.24, 2.45) is 29.6 Å². The van der Waals surface area contributed by atoms with E-state index in [1.807, 2.05) is 6.92 Å². The van der Waals surface area contributed by atoms with Crippen LogP contribution in [0.2, 0.25) is 0 Å². The molecule has 0 spiro atoms. The van der Waals surface area contributed by atoms with Gasteiger partial charge in [-0.2, -0.15) is 5.10 Å². The molecule has 6 nitrogen and oxygen atoms in total. The second-order valence-electron chi connectivity index (χ2n) is 11.6. The maximum atomic E-state index is 13.6. The van der Waals surface area contributed by atoms with Crippen LogP contribution in [0.5, 0.6) is 0 Å². The molecule has 33 heavy (non-hydrogen) atoms. The number of esters is 1. The number of carbonyl (C=O) groups is 2. The first kappa shape index (κ1) is 21.7. The molecular weight excluding hydrogens is 414 g/mol. The number of rotatable bonds is 5. The van der Waals surface area contributed by atoms with E-state index >= 15 is 0 Å². The third kappa shape index (κ3) is 3.91. The van der Waals surface area contributed by atoms with Gasteiger partial charge >= 0.3 is 5.97 Å². The number of fused-ring (bicyclic) bond motifs is 1. The van der Waals surface area contributed by atoms with Crippen LogP contribution < -0.4 is 5.32 Å². The summed E-state index contributed by atoms with van der Waals surface area (Å²) in [4.78, 5) is 26.2. The molecule has 0 radical (unpaired) electrons. The van der Waals surface area contributed by atoms with E-state index in [4.69, 9.17) is 9.84 Å². The van der Waals surface area contributed by atoms with Gasteiger partial charge in [0, 0.05) is 23.7 Å². The second kappa shape index (κ2) is 8.74. The van der Waals surface area contributed by atoms with Crippen molar-refractivity contribution in [2.45, 2.75) is 102 Å². The molecule has 7 rings (SSSR count). The minimum absolute atomic E-state index is 0.0351. The lowest BCUT2D eigenvalue weighted by Gasteiger charge is -2.54. The molecule has 180 valence electrons. The van der Waals surface area contributed by atoms with Gasteiger partial charge in [-0.25, -0.2) is 0 Å². The average molecular weight is 454 g/mol. The van der Waals surface area contributed by atoms with Gasteiger partial charge in [-0.05, 0) is 88.4 Å². The van der Waals surface area contributed by atoms with Gasteiger partial charge < -0.3 is 10.1 Å². The van der Waals surface area contributed by atoms with Crippen molar-refractivity contribution in [1.82, 2.24) is 15.1 Å². The van der Waals surface area contributed by atoms with E-state index in [2.05, 4.69) is 10.00 Å². The van der Waals surface area contributed by atoms with Gasteiger partial charge in [0.2, 0.25) is 0 Å². The SMILES string of the molecule is CCOC(=O)C1CCc2c(C(=O)NC3C4CC5CC(C4)CC3C5)nn(C3CCCCC3)c2C1. The van der Waals surface area contributed by atoms with E-state index in [0.29, 0.717) is 42.6 Å². The van der Waals surface area contributed by atoms with Crippen LogP contribution in [0.4, 0.5) is 0 Å². The Bertz CT molecular complexity index is 888. The van der Waals surface area contributed by atoms with Crippen LogP contribution >= 0.6 is 0 Å². The predicted molar refractivity (Wildman–Crippen MR) is 125 cm³/mol. The van der Waals surface area contributed by atoms with Gasteiger partial charge in [0.25, 0.3) is 5.91 Å². The standard InChI is InChI=1S/C27H39N3O3/c1-2-33-27(32)18-8-9-22-23(15-18)30(21-6-4-3-5-7-21)29-25(22)26(31)28-24-19-11-16-10-17(13-19)14-20(24)12-16/h16-21,24H,2-15H2,1H3,(H,28,31). The molecular formula is C27H39N3O3. The molecule has 1 aromatic rings. The number of nitrogens with one attached hydrogen (secondary N) is 1. The minimum atomic E-state index is -0.114. The molecule has 4 bridgehead atoms. The number of nitrogens with zero attached hydrogens (tertiary/aromatic N) is 2. The molecule has 1 N–H and O–H groups in total. The molecule has 0 aliphatic heterocycles. The highest BCUT2D eigenvalue weighted by Crippen LogP contribution is 2.53. The summed E-state index contributed by atoms with van der Waals surface area (Å²) in [6.07, 6.45) is 14.7. The fourth-order valence-corrected chi connectivity index (χ4v) is 8.29. The van der Waals surface area contributed by atoms with Crippen molar-refractivity contribution in [1.29, 1.82) is 0 Å². The van der Waals surface area contributed by atoms with Gasteiger partial charge in [0.15, 0.2) is 5.69 Å².